The predicted octanol–water partition coefficient (Wildman–Crippen LogP) is 2.96. The number of benzene rings is 1. The molecule has 0 spiro atoms. The van der Waals surface area contributed by atoms with Gasteiger partial charge in [0.2, 0.25) is 0 Å². The van der Waals surface area contributed by atoms with Crippen LogP contribution in [0.25, 0.3) is 0 Å². The van der Waals surface area contributed by atoms with Crippen molar-refractivity contribution in [2.75, 3.05) is 13.6 Å². The van der Waals surface area contributed by atoms with E-state index in [0.717, 1.165) is 17.9 Å². The zero-order valence-electron chi connectivity index (χ0n) is 9.82. The van der Waals surface area contributed by atoms with Gasteiger partial charge in [-0.25, -0.2) is 4.39 Å². The first kappa shape index (κ1) is 11.9. The number of hydrogen-bond donors (Lipinski definition) is 1. The molecule has 17 heavy (non-hydrogen) atoms. The second-order valence-electron chi connectivity index (χ2n) is 4.06. The second kappa shape index (κ2) is 5.64. The van der Waals surface area contributed by atoms with E-state index in [-0.39, 0.29) is 11.7 Å². The zero-order chi connectivity index (χ0) is 12.1. The summed E-state index contributed by atoms with van der Waals surface area (Å²) in [5.74, 6) is 0.820. The maximum Gasteiger partial charge on any atom is 0.126 e. The summed E-state index contributed by atoms with van der Waals surface area (Å²) in [7, 11) is 1.87. The van der Waals surface area contributed by atoms with Crippen LogP contribution in [0.4, 0.5) is 4.39 Å². The molecular weight excluding hydrogens is 217 g/mol. The van der Waals surface area contributed by atoms with Crippen molar-refractivity contribution in [2.45, 2.75) is 12.3 Å². The summed E-state index contributed by atoms with van der Waals surface area (Å²) >= 11 is 0. The van der Waals surface area contributed by atoms with E-state index in [1.165, 1.54) is 6.07 Å². The van der Waals surface area contributed by atoms with Crippen molar-refractivity contribution in [2.24, 2.45) is 0 Å². The van der Waals surface area contributed by atoms with Gasteiger partial charge in [-0.3, -0.25) is 0 Å². The summed E-state index contributed by atoms with van der Waals surface area (Å²) in [6.45, 7) is 0.724. The molecule has 0 saturated heterocycles. The molecule has 1 heterocycles. The Balaban J connectivity index is 2.20. The highest BCUT2D eigenvalue weighted by atomic mass is 19.1. The number of nitrogens with one attached hydrogen (secondary N) is 1. The molecule has 0 aliphatic heterocycles. The molecule has 2 aromatic rings. The van der Waals surface area contributed by atoms with Crippen LogP contribution in [0.2, 0.25) is 0 Å². The van der Waals surface area contributed by atoms with Crippen LogP contribution in [0.5, 0.6) is 0 Å². The number of likely N-dealkylation sites (N-methyl/N-ethyl adjacent to an activating group) is 1. The van der Waals surface area contributed by atoms with E-state index >= 15 is 0 Å². The lowest BCUT2D eigenvalue weighted by Gasteiger charge is -2.16. The van der Waals surface area contributed by atoms with E-state index in [1.54, 1.807) is 12.3 Å². The van der Waals surface area contributed by atoms with Crippen molar-refractivity contribution < 1.29 is 8.81 Å². The van der Waals surface area contributed by atoms with Gasteiger partial charge >= 0.3 is 0 Å². The Hall–Kier alpha value is -1.61. The summed E-state index contributed by atoms with van der Waals surface area (Å²) in [4.78, 5) is 0. The van der Waals surface area contributed by atoms with Gasteiger partial charge in [-0.2, -0.15) is 0 Å². The first-order chi connectivity index (χ1) is 8.31. The summed E-state index contributed by atoms with van der Waals surface area (Å²) in [5, 5.41) is 3.10. The van der Waals surface area contributed by atoms with Crippen LogP contribution < -0.4 is 5.32 Å². The minimum absolute atomic E-state index is 0.0901. The molecule has 1 N–H and O–H groups in total. The lowest BCUT2D eigenvalue weighted by Crippen LogP contribution is -2.20. The SMILES string of the molecule is CNCC(Cc1ccco1)c1ccccc1F. The molecule has 0 radical (unpaired) electrons. The van der Waals surface area contributed by atoms with Gasteiger partial charge in [0.05, 0.1) is 6.26 Å². The summed E-state index contributed by atoms with van der Waals surface area (Å²) in [5.41, 5.74) is 0.734. The summed E-state index contributed by atoms with van der Waals surface area (Å²) < 4.78 is 19.1. The molecule has 1 atom stereocenters. The Bertz CT molecular complexity index is 453. The Morgan fingerprint density at radius 2 is 2.06 bits per heavy atom. The van der Waals surface area contributed by atoms with Gasteiger partial charge in [-0.1, -0.05) is 18.2 Å². The van der Waals surface area contributed by atoms with Crippen molar-refractivity contribution in [1.29, 1.82) is 0 Å². The fraction of sp³-hybridized carbons (Fsp3) is 0.286. The first-order valence-electron chi connectivity index (χ1n) is 5.72. The molecule has 0 aliphatic carbocycles. The molecule has 2 nitrogen and oxygen atoms in total. The summed E-state index contributed by atoms with van der Waals surface area (Å²) in [6, 6.07) is 10.7. The van der Waals surface area contributed by atoms with Gasteiger partial charge < -0.3 is 9.73 Å². The third-order valence-electron chi connectivity index (χ3n) is 2.82. The molecule has 0 bridgehead atoms. The minimum Gasteiger partial charge on any atom is -0.469 e. The van der Waals surface area contributed by atoms with Crippen LogP contribution in [0.3, 0.4) is 0 Å². The van der Waals surface area contributed by atoms with Crippen LogP contribution >= 0.6 is 0 Å². The van der Waals surface area contributed by atoms with Crippen LogP contribution in [-0.2, 0) is 6.42 Å². The number of rotatable bonds is 5. The van der Waals surface area contributed by atoms with Crippen LogP contribution in [0, 0.1) is 5.82 Å². The Morgan fingerprint density at radius 3 is 2.71 bits per heavy atom. The van der Waals surface area contributed by atoms with Gasteiger partial charge in [0.15, 0.2) is 0 Å². The number of furan rings is 1. The molecule has 1 aromatic heterocycles. The Kier molecular flexibility index (Phi) is 3.94. The van der Waals surface area contributed by atoms with E-state index in [2.05, 4.69) is 5.32 Å². The topological polar surface area (TPSA) is 25.2 Å². The Morgan fingerprint density at radius 1 is 1.24 bits per heavy atom. The van der Waals surface area contributed by atoms with Crippen molar-refractivity contribution in [3.63, 3.8) is 0 Å². The normalized spacial score (nSPS) is 12.6. The minimum atomic E-state index is -0.153. The lowest BCUT2D eigenvalue weighted by molar-refractivity contribution is 0.470. The lowest BCUT2D eigenvalue weighted by atomic mass is 9.94. The third-order valence-corrected chi connectivity index (χ3v) is 2.82. The van der Waals surface area contributed by atoms with Gasteiger partial charge in [-0.15, -0.1) is 0 Å². The predicted molar refractivity (Wildman–Crippen MR) is 65.5 cm³/mol. The molecule has 90 valence electrons. The fourth-order valence-electron chi connectivity index (χ4n) is 2.02. The second-order valence-corrected chi connectivity index (χ2v) is 4.06. The average molecular weight is 233 g/mol. The van der Waals surface area contributed by atoms with E-state index in [4.69, 9.17) is 4.42 Å². The molecule has 3 heteroatoms. The fourth-order valence-corrected chi connectivity index (χ4v) is 2.02. The van der Waals surface area contributed by atoms with E-state index in [0.29, 0.717) is 6.42 Å². The average Bonchev–Trinajstić information content (AvgIpc) is 2.82. The van der Waals surface area contributed by atoms with Crippen molar-refractivity contribution in [3.05, 3.63) is 59.8 Å². The monoisotopic (exact) mass is 233 g/mol. The highest BCUT2D eigenvalue weighted by molar-refractivity contribution is 5.23. The number of hydrogen-bond acceptors (Lipinski definition) is 2. The van der Waals surface area contributed by atoms with Gasteiger partial charge in [0.1, 0.15) is 11.6 Å². The molecular formula is C14H16FNO. The van der Waals surface area contributed by atoms with Crippen LogP contribution in [0.15, 0.2) is 47.1 Å². The summed E-state index contributed by atoms with van der Waals surface area (Å²) in [6.07, 6.45) is 2.35. The Labute approximate surface area is 100 Å². The van der Waals surface area contributed by atoms with Crippen LogP contribution in [0.1, 0.15) is 17.2 Å². The highest BCUT2D eigenvalue weighted by Gasteiger charge is 2.16. The number of halogens is 1. The molecule has 0 fully saturated rings. The van der Waals surface area contributed by atoms with Gasteiger partial charge in [-0.05, 0) is 30.8 Å². The van der Waals surface area contributed by atoms with Crippen molar-refractivity contribution in [3.8, 4) is 0 Å². The van der Waals surface area contributed by atoms with E-state index in [1.807, 2.05) is 31.3 Å². The highest BCUT2D eigenvalue weighted by Crippen LogP contribution is 2.23. The zero-order valence-corrected chi connectivity index (χ0v) is 9.82. The molecule has 1 aromatic carbocycles. The smallest absolute Gasteiger partial charge is 0.126 e. The van der Waals surface area contributed by atoms with Crippen molar-refractivity contribution in [1.82, 2.24) is 5.32 Å². The maximum absolute atomic E-state index is 13.7. The quantitative estimate of drug-likeness (QED) is 0.859. The van der Waals surface area contributed by atoms with Gasteiger partial charge in [0, 0.05) is 18.9 Å². The molecule has 1 unspecified atom stereocenters. The molecule has 0 amide bonds. The van der Waals surface area contributed by atoms with Gasteiger partial charge in [0.25, 0.3) is 0 Å². The van der Waals surface area contributed by atoms with Crippen molar-refractivity contribution >= 4 is 0 Å². The standard InChI is InChI=1S/C14H16FNO/c1-16-10-11(9-12-5-4-8-17-12)13-6-2-3-7-14(13)15/h2-8,11,16H,9-10H2,1H3. The molecule has 2 rings (SSSR count). The first-order valence-corrected chi connectivity index (χ1v) is 5.72. The molecule has 0 aliphatic rings. The van der Waals surface area contributed by atoms with E-state index < -0.39 is 0 Å². The maximum atomic E-state index is 13.7. The van der Waals surface area contributed by atoms with E-state index in [9.17, 15) is 4.39 Å². The largest absolute Gasteiger partial charge is 0.469 e. The molecule has 0 saturated carbocycles. The van der Waals surface area contributed by atoms with Crippen LogP contribution in [-0.4, -0.2) is 13.6 Å². The third kappa shape index (κ3) is 2.94.